The summed E-state index contributed by atoms with van der Waals surface area (Å²) in [6.07, 6.45) is 0.226. The minimum absolute atomic E-state index is 0.144. The summed E-state index contributed by atoms with van der Waals surface area (Å²) in [5.41, 5.74) is 0. The third-order valence-electron chi connectivity index (χ3n) is 2.69. The molecule has 1 aromatic carbocycles. The van der Waals surface area contributed by atoms with E-state index in [-0.39, 0.29) is 18.8 Å². The Balaban J connectivity index is 2.59. The number of rotatable bonds is 8. The maximum absolute atomic E-state index is 12.1. The van der Waals surface area contributed by atoms with Gasteiger partial charge in [-0.05, 0) is 18.6 Å². The van der Waals surface area contributed by atoms with Crippen molar-refractivity contribution in [1.29, 1.82) is 0 Å². The number of nitrogens with one attached hydrogen (secondary N) is 1. The van der Waals surface area contributed by atoms with Gasteiger partial charge >= 0.3 is 5.97 Å². The van der Waals surface area contributed by atoms with E-state index in [1.165, 1.54) is 14.2 Å². The van der Waals surface area contributed by atoms with E-state index in [4.69, 9.17) is 0 Å². The molecule has 1 amide bonds. The van der Waals surface area contributed by atoms with E-state index in [2.05, 4.69) is 14.8 Å². The van der Waals surface area contributed by atoms with Gasteiger partial charge in [-0.15, -0.1) is 0 Å². The van der Waals surface area contributed by atoms with Gasteiger partial charge in [0.25, 0.3) is 0 Å². The van der Waals surface area contributed by atoms with Crippen LogP contribution in [0.25, 0.3) is 0 Å². The first-order valence-corrected chi connectivity index (χ1v) is 7.70. The van der Waals surface area contributed by atoms with Gasteiger partial charge in [0, 0.05) is 17.8 Å². The third-order valence-corrected chi connectivity index (χ3v) is 4.10. The molecule has 0 aromatic heterocycles. The van der Waals surface area contributed by atoms with Gasteiger partial charge in [-0.3, -0.25) is 9.00 Å². The molecule has 21 heavy (non-hydrogen) atoms. The van der Waals surface area contributed by atoms with E-state index in [0.717, 1.165) is 0 Å². The topological polar surface area (TPSA) is 81.7 Å². The Labute approximate surface area is 126 Å². The SMILES string of the molecule is COCC(=O)N[C@@H](CC[S@@](=O)c1ccccc1)C(=O)OC. The summed E-state index contributed by atoms with van der Waals surface area (Å²) in [6.45, 7) is -0.144. The van der Waals surface area contributed by atoms with Gasteiger partial charge in [0.2, 0.25) is 5.91 Å². The van der Waals surface area contributed by atoms with E-state index in [9.17, 15) is 13.8 Å². The van der Waals surface area contributed by atoms with E-state index < -0.39 is 28.7 Å². The van der Waals surface area contributed by atoms with Crippen LogP contribution in [0.2, 0.25) is 0 Å². The van der Waals surface area contributed by atoms with Gasteiger partial charge in [-0.25, -0.2) is 4.79 Å². The van der Waals surface area contributed by atoms with Crippen molar-refractivity contribution in [1.82, 2.24) is 5.32 Å². The number of carbonyl (C=O) groups is 2. The zero-order valence-electron chi connectivity index (χ0n) is 12.0. The number of benzene rings is 1. The molecule has 0 saturated heterocycles. The lowest BCUT2D eigenvalue weighted by Crippen LogP contribution is -2.43. The minimum atomic E-state index is -1.23. The predicted octanol–water partition coefficient (Wildman–Crippen LogP) is 0.488. The fourth-order valence-corrected chi connectivity index (χ4v) is 2.82. The van der Waals surface area contributed by atoms with Crippen LogP contribution in [-0.4, -0.2) is 48.7 Å². The fraction of sp³-hybridized carbons (Fsp3) is 0.429. The molecule has 6 nitrogen and oxygen atoms in total. The Morgan fingerprint density at radius 1 is 1.24 bits per heavy atom. The van der Waals surface area contributed by atoms with Gasteiger partial charge < -0.3 is 14.8 Å². The number of esters is 1. The van der Waals surface area contributed by atoms with Crippen molar-refractivity contribution < 1.29 is 23.3 Å². The second-order valence-electron chi connectivity index (χ2n) is 4.23. The molecule has 0 aliphatic carbocycles. The van der Waals surface area contributed by atoms with E-state index >= 15 is 0 Å². The Bertz CT molecular complexity index is 491. The maximum atomic E-state index is 12.1. The first kappa shape index (κ1) is 17.3. The summed E-state index contributed by atoms with van der Waals surface area (Å²) in [5.74, 6) is -0.736. The van der Waals surface area contributed by atoms with Gasteiger partial charge in [0.15, 0.2) is 0 Å². The molecule has 0 fully saturated rings. The molecule has 0 aliphatic rings. The predicted molar refractivity (Wildman–Crippen MR) is 78.2 cm³/mol. The summed E-state index contributed by atoms with van der Waals surface area (Å²) < 4.78 is 21.4. The number of amides is 1. The zero-order valence-corrected chi connectivity index (χ0v) is 12.9. The second-order valence-corrected chi connectivity index (χ2v) is 5.80. The number of methoxy groups -OCH3 is 2. The molecule has 0 unspecified atom stereocenters. The quantitative estimate of drug-likeness (QED) is 0.706. The molecular formula is C14H19NO5S. The van der Waals surface area contributed by atoms with Crippen LogP contribution in [0.5, 0.6) is 0 Å². The van der Waals surface area contributed by atoms with Crippen molar-refractivity contribution in [2.24, 2.45) is 0 Å². The summed E-state index contributed by atoms with van der Waals surface area (Å²) in [4.78, 5) is 23.8. The highest BCUT2D eigenvalue weighted by molar-refractivity contribution is 7.85. The van der Waals surface area contributed by atoms with Crippen molar-refractivity contribution in [2.75, 3.05) is 26.6 Å². The molecule has 0 heterocycles. The zero-order chi connectivity index (χ0) is 15.7. The number of ether oxygens (including phenoxy) is 2. The van der Waals surface area contributed by atoms with Crippen LogP contribution in [0.3, 0.4) is 0 Å². The van der Waals surface area contributed by atoms with Crippen molar-refractivity contribution in [3.63, 3.8) is 0 Å². The van der Waals surface area contributed by atoms with Crippen molar-refractivity contribution in [3.05, 3.63) is 30.3 Å². The first-order valence-electron chi connectivity index (χ1n) is 6.38. The van der Waals surface area contributed by atoms with Crippen LogP contribution in [0.15, 0.2) is 35.2 Å². The van der Waals surface area contributed by atoms with E-state index in [1.54, 1.807) is 24.3 Å². The molecule has 0 bridgehead atoms. The van der Waals surface area contributed by atoms with Gasteiger partial charge in [-0.2, -0.15) is 0 Å². The average molecular weight is 313 g/mol. The molecule has 116 valence electrons. The van der Waals surface area contributed by atoms with E-state index in [0.29, 0.717) is 4.90 Å². The largest absolute Gasteiger partial charge is 0.467 e. The van der Waals surface area contributed by atoms with Crippen molar-refractivity contribution in [3.8, 4) is 0 Å². The lowest BCUT2D eigenvalue weighted by atomic mass is 10.2. The smallest absolute Gasteiger partial charge is 0.328 e. The first-order chi connectivity index (χ1) is 10.1. The van der Waals surface area contributed by atoms with Crippen LogP contribution in [0.4, 0.5) is 0 Å². The summed E-state index contributed by atoms with van der Waals surface area (Å²) in [7, 11) is 1.40. The normalized spacial score (nSPS) is 13.2. The standard InChI is InChI=1S/C14H19NO5S/c1-19-10-13(16)15-12(14(17)20-2)8-9-21(18)11-6-4-3-5-7-11/h3-7,12H,8-10H2,1-2H3,(H,15,16)/t12-,21+/m0/s1. The Hall–Kier alpha value is -1.73. The molecular weight excluding hydrogens is 294 g/mol. The summed E-state index contributed by atoms with van der Waals surface area (Å²) in [5, 5.41) is 2.50. The van der Waals surface area contributed by atoms with Crippen LogP contribution in [0.1, 0.15) is 6.42 Å². The Kier molecular flexibility index (Phi) is 7.63. The Morgan fingerprint density at radius 3 is 2.48 bits per heavy atom. The summed E-state index contributed by atoms with van der Waals surface area (Å²) in [6, 6.07) is 8.12. The second kappa shape index (κ2) is 9.25. The molecule has 1 aromatic rings. The van der Waals surface area contributed by atoms with Gasteiger partial charge in [-0.1, -0.05) is 18.2 Å². The molecule has 1 rings (SSSR count). The molecule has 0 aliphatic heterocycles. The highest BCUT2D eigenvalue weighted by atomic mass is 32.2. The van der Waals surface area contributed by atoms with Crippen LogP contribution >= 0.6 is 0 Å². The van der Waals surface area contributed by atoms with Crippen LogP contribution in [0, 0.1) is 0 Å². The molecule has 7 heteroatoms. The fourth-order valence-electron chi connectivity index (χ4n) is 1.67. The number of hydrogen-bond acceptors (Lipinski definition) is 5. The molecule has 0 saturated carbocycles. The van der Waals surface area contributed by atoms with Gasteiger partial charge in [0.1, 0.15) is 12.6 Å². The van der Waals surface area contributed by atoms with Crippen molar-refractivity contribution in [2.45, 2.75) is 17.4 Å². The average Bonchev–Trinajstić information content (AvgIpc) is 2.51. The number of carbonyl (C=O) groups excluding carboxylic acids is 2. The van der Waals surface area contributed by atoms with Crippen LogP contribution in [-0.2, 0) is 29.9 Å². The highest BCUT2D eigenvalue weighted by Crippen LogP contribution is 2.08. The van der Waals surface area contributed by atoms with Gasteiger partial charge in [0.05, 0.1) is 17.9 Å². The highest BCUT2D eigenvalue weighted by Gasteiger charge is 2.22. The molecule has 1 N–H and O–H groups in total. The van der Waals surface area contributed by atoms with Crippen LogP contribution < -0.4 is 5.32 Å². The maximum Gasteiger partial charge on any atom is 0.328 e. The molecule has 0 spiro atoms. The third kappa shape index (κ3) is 6.05. The Morgan fingerprint density at radius 2 is 1.90 bits per heavy atom. The number of hydrogen-bond donors (Lipinski definition) is 1. The molecule has 0 radical (unpaired) electrons. The summed E-state index contributed by atoms with van der Waals surface area (Å²) >= 11 is 0. The van der Waals surface area contributed by atoms with E-state index in [1.807, 2.05) is 6.07 Å². The monoisotopic (exact) mass is 313 g/mol. The lowest BCUT2D eigenvalue weighted by Gasteiger charge is -2.16. The molecule has 2 atom stereocenters. The minimum Gasteiger partial charge on any atom is -0.467 e. The lowest BCUT2D eigenvalue weighted by molar-refractivity contribution is -0.145. The van der Waals surface area contributed by atoms with Crippen molar-refractivity contribution >= 4 is 22.7 Å².